The Kier molecular flexibility index (Phi) is 7.76. The Bertz CT molecular complexity index is 1160. The highest BCUT2D eigenvalue weighted by Crippen LogP contribution is 2.30. The van der Waals surface area contributed by atoms with Gasteiger partial charge in [-0.3, -0.25) is 4.79 Å². The molecule has 1 aliphatic heterocycles. The van der Waals surface area contributed by atoms with E-state index in [0.717, 1.165) is 24.8 Å². The van der Waals surface area contributed by atoms with Gasteiger partial charge in [0.2, 0.25) is 15.9 Å². The quantitative estimate of drug-likeness (QED) is 0.563. The number of rotatable bonds is 8. The van der Waals surface area contributed by atoms with E-state index in [1.165, 1.54) is 11.8 Å². The summed E-state index contributed by atoms with van der Waals surface area (Å²) in [5.41, 5.74) is 0.470. The molecule has 10 heteroatoms. The van der Waals surface area contributed by atoms with Gasteiger partial charge in [0.25, 0.3) is 0 Å². The maximum Gasteiger partial charge on any atom is 0.243 e. The Hall–Kier alpha value is -2.09. The fraction of sp³-hybridized carbons (Fsp3) is 0.609. The molecule has 1 aromatic carbocycles. The van der Waals surface area contributed by atoms with Crippen LogP contribution in [0, 0.1) is 17.2 Å². The minimum absolute atomic E-state index is 0.0378. The zero-order valence-electron chi connectivity index (χ0n) is 20.0. The van der Waals surface area contributed by atoms with E-state index in [1.54, 1.807) is 36.4 Å². The Balaban J connectivity index is 1.87. The molecular weight excluding hydrogens is 458 g/mol. The number of carbonyl (C=O) groups excluding carboxylic acids is 1. The van der Waals surface area contributed by atoms with Crippen LogP contribution >= 0.6 is 11.8 Å². The van der Waals surface area contributed by atoms with Crippen LogP contribution in [0.2, 0.25) is 0 Å². The van der Waals surface area contributed by atoms with Gasteiger partial charge in [0.05, 0.1) is 27.2 Å². The first kappa shape index (κ1) is 25.5. The number of imidazole rings is 1. The number of nitrogens with zero attached hydrogens (tertiary/aromatic N) is 4. The zero-order valence-corrected chi connectivity index (χ0v) is 21.6. The molecule has 0 aliphatic carbocycles. The second-order valence-corrected chi connectivity index (χ2v) is 12.2. The van der Waals surface area contributed by atoms with Crippen molar-refractivity contribution < 1.29 is 13.2 Å². The lowest BCUT2D eigenvalue weighted by Crippen LogP contribution is -2.51. The highest BCUT2D eigenvalue weighted by molar-refractivity contribution is 8.00. The van der Waals surface area contributed by atoms with E-state index in [0.29, 0.717) is 30.3 Å². The van der Waals surface area contributed by atoms with Gasteiger partial charge in [0.15, 0.2) is 5.16 Å². The highest BCUT2D eigenvalue weighted by atomic mass is 32.2. The lowest BCUT2D eigenvalue weighted by molar-refractivity contribution is -0.121. The maximum atomic E-state index is 13.1. The first-order valence-corrected chi connectivity index (χ1v) is 13.8. The fourth-order valence-electron chi connectivity index (χ4n) is 3.77. The molecule has 33 heavy (non-hydrogen) atoms. The van der Waals surface area contributed by atoms with Gasteiger partial charge in [-0.1, -0.05) is 32.0 Å². The Morgan fingerprint density at radius 2 is 1.94 bits per heavy atom. The molecule has 1 aromatic heterocycles. The highest BCUT2D eigenvalue weighted by Gasteiger charge is 2.32. The second-order valence-electron chi connectivity index (χ2n) is 8.97. The van der Waals surface area contributed by atoms with E-state index in [2.05, 4.69) is 16.4 Å². The second kappa shape index (κ2) is 10.0. The van der Waals surface area contributed by atoms with Gasteiger partial charge in [-0.25, -0.2) is 13.4 Å². The number of sulfonamides is 1. The Morgan fingerprint density at radius 3 is 2.52 bits per heavy atom. The van der Waals surface area contributed by atoms with Gasteiger partial charge in [-0.15, -0.1) is 0 Å². The van der Waals surface area contributed by atoms with Gasteiger partial charge in [0, 0.05) is 19.6 Å². The van der Waals surface area contributed by atoms with E-state index in [-0.39, 0.29) is 16.7 Å². The molecule has 1 N–H and O–H groups in total. The van der Waals surface area contributed by atoms with Gasteiger partial charge in [0.1, 0.15) is 5.54 Å². The number of hydrogen-bond donors (Lipinski definition) is 1. The van der Waals surface area contributed by atoms with Crippen LogP contribution in [-0.4, -0.2) is 52.1 Å². The molecule has 1 amide bonds. The lowest BCUT2D eigenvalue weighted by Gasteiger charge is -2.28. The number of amides is 1. The number of hydrogen-bond acceptors (Lipinski definition) is 6. The molecule has 2 atom stereocenters. The van der Waals surface area contributed by atoms with Gasteiger partial charge in [-0.05, 0) is 57.7 Å². The number of benzene rings is 1. The summed E-state index contributed by atoms with van der Waals surface area (Å²) in [6, 6.07) is 7.27. The smallest absolute Gasteiger partial charge is 0.243 e. The number of thioether (sulfide) groups is 1. The summed E-state index contributed by atoms with van der Waals surface area (Å²) < 4.78 is 29.7. The molecule has 2 aromatic rings. The lowest BCUT2D eigenvalue weighted by atomic mass is 9.90. The topological polar surface area (TPSA) is 108 Å². The number of nitrogens with one attached hydrogen (secondary N) is 1. The maximum absolute atomic E-state index is 13.1. The average Bonchev–Trinajstić information content (AvgIpc) is 3.15. The van der Waals surface area contributed by atoms with Crippen molar-refractivity contribution in [2.45, 2.75) is 81.3 Å². The SMILES string of the molecule is CCn1c(SC(C)C(=O)NC(C)(C#N)C(C)C)nc2cc(S(=O)(=O)N3CCCCC3)ccc21. The molecule has 2 heterocycles. The third-order valence-corrected chi connectivity index (χ3v) is 9.36. The summed E-state index contributed by atoms with van der Waals surface area (Å²) in [6.45, 7) is 11.0. The van der Waals surface area contributed by atoms with E-state index in [1.807, 2.05) is 25.3 Å². The van der Waals surface area contributed by atoms with Crippen LogP contribution in [0.25, 0.3) is 11.0 Å². The summed E-state index contributed by atoms with van der Waals surface area (Å²) in [5.74, 6) is -0.273. The van der Waals surface area contributed by atoms with Gasteiger partial charge in [-0.2, -0.15) is 9.57 Å². The van der Waals surface area contributed by atoms with Crippen molar-refractivity contribution in [2.75, 3.05) is 13.1 Å². The van der Waals surface area contributed by atoms with Crippen LogP contribution < -0.4 is 5.32 Å². The first-order chi connectivity index (χ1) is 15.5. The van der Waals surface area contributed by atoms with Crippen LogP contribution in [0.15, 0.2) is 28.3 Å². The van der Waals surface area contributed by atoms with Crippen molar-refractivity contribution in [1.29, 1.82) is 5.26 Å². The summed E-state index contributed by atoms with van der Waals surface area (Å²) >= 11 is 1.30. The monoisotopic (exact) mass is 491 g/mol. The van der Waals surface area contributed by atoms with Crippen molar-refractivity contribution in [3.05, 3.63) is 18.2 Å². The van der Waals surface area contributed by atoms with E-state index >= 15 is 0 Å². The van der Waals surface area contributed by atoms with Crippen LogP contribution in [-0.2, 0) is 21.4 Å². The van der Waals surface area contributed by atoms with Crippen LogP contribution in [0.4, 0.5) is 0 Å². The van der Waals surface area contributed by atoms with Crippen molar-refractivity contribution in [3.63, 3.8) is 0 Å². The van der Waals surface area contributed by atoms with E-state index in [4.69, 9.17) is 0 Å². The molecular formula is C23H33N5O3S2. The standard InChI is InChI=1S/C23H33N5O3S2/c1-6-28-20-11-10-18(33(30,31)27-12-8-7-9-13-27)14-19(20)25-22(28)32-17(4)21(29)26-23(5,15-24)16(2)3/h10-11,14,16-17H,6-9,12-13H2,1-5H3,(H,26,29). The van der Waals surface area contributed by atoms with Crippen molar-refractivity contribution >= 4 is 38.7 Å². The van der Waals surface area contributed by atoms with Crippen LogP contribution in [0.3, 0.4) is 0 Å². The normalized spacial score (nSPS) is 18.1. The molecule has 3 rings (SSSR count). The molecule has 0 spiro atoms. The molecule has 0 radical (unpaired) electrons. The number of fused-ring (bicyclic) bond motifs is 1. The predicted molar refractivity (Wildman–Crippen MR) is 130 cm³/mol. The van der Waals surface area contributed by atoms with E-state index in [9.17, 15) is 18.5 Å². The fourth-order valence-corrected chi connectivity index (χ4v) is 6.29. The Labute approximate surface area is 200 Å². The van der Waals surface area contributed by atoms with Crippen molar-refractivity contribution in [2.24, 2.45) is 5.92 Å². The summed E-state index contributed by atoms with van der Waals surface area (Å²) in [4.78, 5) is 17.7. The van der Waals surface area contributed by atoms with Gasteiger partial charge >= 0.3 is 0 Å². The third kappa shape index (κ3) is 5.20. The number of nitriles is 1. The summed E-state index contributed by atoms with van der Waals surface area (Å²) in [5, 5.41) is 12.5. The van der Waals surface area contributed by atoms with Crippen LogP contribution in [0.1, 0.15) is 53.9 Å². The molecule has 180 valence electrons. The van der Waals surface area contributed by atoms with Crippen LogP contribution in [0.5, 0.6) is 0 Å². The molecule has 1 fully saturated rings. The number of aromatic nitrogens is 2. The summed E-state index contributed by atoms with van der Waals surface area (Å²) in [6.07, 6.45) is 2.83. The minimum atomic E-state index is -3.55. The predicted octanol–water partition coefficient (Wildman–Crippen LogP) is 3.77. The number of carbonyl (C=O) groups is 1. The number of aryl methyl sites for hydroxylation is 1. The van der Waals surface area contributed by atoms with Crippen molar-refractivity contribution in [3.8, 4) is 6.07 Å². The summed E-state index contributed by atoms with van der Waals surface area (Å²) in [7, 11) is -3.55. The Morgan fingerprint density at radius 1 is 1.27 bits per heavy atom. The number of piperidine rings is 1. The first-order valence-electron chi connectivity index (χ1n) is 11.4. The molecule has 2 unspecified atom stereocenters. The minimum Gasteiger partial charge on any atom is -0.337 e. The third-order valence-electron chi connectivity index (χ3n) is 6.37. The van der Waals surface area contributed by atoms with E-state index < -0.39 is 20.8 Å². The molecule has 1 aliphatic rings. The largest absolute Gasteiger partial charge is 0.337 e. The zero-order chi connectivity index (χ0) is 24.4. The van der Waals surface area contributed by atoms with Crippen molar-refractivity contribution in [1.82, 2.24) is 19.2 Å². The average molecular weight is 492 g/mol. The molecule has 1 saturated heterocycles. The molecule has 0 bridgehead atoms. The van der Waals surface area contributed by atoms with Gasteiger partial charge < -0.3 is 9.88 Å². The molecule has 0 saturated carbocycles. The molecule has 8 nitrogen and oxygen atoms in total.